The molecule has 1 heterocycles. The number of halogens is 3. The highest BCUT2D eigenvalue weighted by Crippen LogP contribution is 2.14. The number of aliphatic imine (C=N–C) groups is 1. The minimum absolute atomic E-state index is 0. The summed E-state index contributed by atoms with van der Waals surface area (Å²) in [6.45, 7) is 5.55. The molecule has 1 unspecified atom stereocenters. The fraction of sp³-hybridized carbons (Fsp3) is 0.588. The summed E-state index contributed by atoms with van der Waals surface area (Å²) in [5, 5.41) is 3.22. The third kappa shape index (κ3) is 6.16. The van der Waals surface area contributed by atoms with E-state index in [4.69, 9.17) is 4.74 Å². The quantitative estimate of drug-likeness (QED) is 0.409. The van der Waals surface area contributed by atoms with E-state index in [0.29, 0.717) is 12.5 Å². The van der Waals surface area contributed by atoms with E-state index in [9.17, 15) is 8.78 Å². The van der Waals surface area contributed by atoms with Crippen molar-refractivity contribution in [2.75, 3.05) is 39.9 Å². The van der Waals surface area contributed by atoms with Crippen LogP contribution in [0.3, 0.4) is 0 Å². The average molecular weight is 453 g/mol. The first-order valence-corrected chi connectivity index (χ1v) is 8.12. The van der Waals surface area contributed by atoms with Gasteiger partial charge in [0, 0.05) is 44.8 Å². The molecule has 0 spiro atoms. The molecule has 1 fully saturated rings. The third-order valence-corrected chi connectivity index (χ3v) is 3.94. The zero-order valence-corrected chi connectivity index (χ0v) is 16.6. The van der Waals surface area contributed by atoms with E-state index >= 15 is 0 Å². The van der Waals surface area contributed by atoms with Gasteiger partial charge < -0.3 is 15.0 Å². The lowest BCUT2D eigenvalue weighted by Gasteiger charge is -2.24. The van der Waals surface area contributed by atoms with Crippen molar-refractivity contribution in [3.8, 4) is 0 Å². The normalized spacial score (nSPS) is 17.5. The predicted octanol–water partition coefficient (Wildman–Crippen LogP) is 3.06. The number of hydrogen-bond acceptors (Lipinski definition) is 2. The SMILES string of the molecule is CCNC(=NCCc1c(F)cccc1F)N(C)CC1CCOC1.I. The van der Waals surface area contributed by atoms with Gasteiger partial charge in [0.25, 0.3) is 0 Å². The van der Waals surface area contributed by atoms with Crippen molar-refractivity contribution in [3.63, 3.8) is 0 Å². The molecule has 2 rings (SSSR count). The van der Waals surface area contributed by atoms with Crippen molar-refractivity contribution in [3.05, 3.63) is 35.4 Å². The maximum absolute atomic E-state index is 13.6. The predicted molar refractivity (Wildman–Crippen MR) is 103 cm³/mol. The van der Waals surface area contributed by atoms with Crippen molar-refractivity contribution in [2.45, 2.75) is 19.8 Å². The van der Waals surface area contributed by atoms with Crippen LogP contribution in [-0.4, -0.2) is 50.8 Å². The van der Waals surface area contributed by atoms with Crippen molar-refractivity contribution in [1.29, 1.82) is 0 Å². The van der Waals surface area contributed by atoms with Crippen LogP contribution in [0.15, 0.2) is 23.2 Å². The summed E-state index contributed by atoms with van der Waals surface area (Å²) in [6.07, 6.45) is 1.30. The van der Waals surface area contributed by atoms with Crippen LogP contribution in [0.5, 0.6) is 0 Å². The molecule has 1 aromatic rings. The van der Waals surface area contributed by atoms with Crippen molar-refractivity contribution >= 4 is 29.9 Å². The number of ether oxygens (including phenoxy) is 1. The lowest BCUT2D eigenvalue weighted by Crippen LogP contribution is -2.41. The highest BCUT2D eigenvalue weighted by atomic mass is 127. The first kappa shape index (κ1) is 21.1. The number of nitrogens with one attached hydrogen (secondary N) is 1. The second kappa shape index (κ2) is 10.8. The molecular weight excluding hydrogens is 427 g/mol. The molecule has 1 atom stereocenters. The number of hydrogen-bond donors (Lipinski definition) is 1. The second-order valence-electron chi connectivity index (χ2n) is 5.80. The first-order chi connectivity index (χ1) is 11.1. The van der Waals surface area contributed by atoms with E-state index in [1.165, 1.54) is 18.2 Å². The first-order valence-electron chi connectivity index (χ1n) is 8.12. The molecule has 136 valence electrons. The van der Waals surface area contributed by atoms with Gasteiger partial charge in [-0.3, -0.25) is 4.99 Å². The van der Waals surface area contributed by atoms with Crippen LogP contribution < -0.4 is 5.32 Å². The molecule has 7 heteroatoms. The molecule has 0 aromatic heterocycles. The van der Waals surface area contributed by atoms with E-state index in [2.05, 4.69) is 15.2 Å². The van der Waals surface area contributed by atoms with Crippen LogP contribution >= 0.6 is 24.0 Å². The Kier molecular flexibility index (Phi) is 9.50. The summed E-state index contributed by atoms with van der Waals surface area (Å²) in [7, 11) is 1.98. The van der Waals surface area contributed by atoms with E-state index in [1.807, 2.05) is 14.0 Å². The summed E-state index contributed by atoms with van der Waals surface area (Å²) >= 11 is 0. The molecule has 0 radical (unpaired) electrons. The smallest absolute Gasteiger partial charge is 0.193 e. The number of guanidine groups is 1. The van der Waals surface area contributed by atoms with Gasteiger partial charge >= 0.3 is 0 Å². The Morgan fingerprint density at radius 2 is 2.08 bits per heavy atom. The molecule has 0 aliphatic carbocycles. The summed E-state index contributed by atoms with van der Waals surface area (Å²) < 4.78 is 32.6. The number of nitrogens with zero attached hydrogens (tertiary/aromatic N) is 2. The number of benzene rings is 1. The van der Waals surface area contributed by atoms with Crippen LogP contribution in [-0.2, 0) is 11.2 Å². The maximum Gasteiger partial charge on any atom is 0.193 e. The summed E-state index contributed by atoms with van der Waals surface area (Å²) in [6, 6.07) is 3.93. The summed E-state index contributed by atoms with van der Waals surface area (Å²) in [4.78, 5) is 6.55. The van der Waals surface area contributed by atoms with Gasteiger partial charge in [-0.25, -0.2) is 8.78 Å². The lowest BCUT2D eigenvalue weighted by molar-refractivity contribution is 0.181. The highest BCUT2D eigenvalue weighted by molar-refractivity contribution is 14.0. The fourth-order valence-electron chi connectivity index (χ4n) is 2.72. The highest BCUT2D eigenvalue weighted by Gasteiger charge is 2.19. The lowest BCUT2D eigenvalue weighted by atomic mass is 10.1. The van der Waals surface area contributed by atoms with Crippen LogP contribution in [0.4, 0.5) is 8.78 Å². The molecule has 1 saturated heterocycles. The third-order valence-electron chi connectivity index (χ3n) is 3.94. The van der Waals surface area contributed by atoms with E-state index in [0.717, 1.165) is 38.7 Å². The van der Waals surface area contributed by atoms with Crippen LogP contribution in [0.2, 0.25) is 0 Å². The van der Waals surface area contributed by atoms with Gasteiger partial charge in [0.05, 0.1) is 6.61 Å². The molecule has 1 aromatic carbocycles. The molecule has 0 saturated carbocycles. The molecule has 1 N–H and O–H groups in total. The van der Waals surface area contributed by atoms with Crippen LogP contribution in [0.25, 0.3) is 0 Å². The fourth-order valence-corrected chi connectivity index (χ4v) is 2.72. The van der Waals surface area contributed by atoms with Gasteiger partial charge in [-0.05, 0) is 31.9 Å². The molecule has 0 amide bonds. The minimum Gasteiger partial charge on any atom is -0.381 e. The topological polar surface area (TPSA) is 36.9 Å². The molecule has 0 bridgehead atoms. The Labute approximate surface area is 159 Å². The Morgan fingerprint density at radius 3 is 2.67 bits per heavy atom. The van der Waals surface area contributed by atoms with Gasteiger partial charge in [-0.15, -0.1) is 24.0 Å². The van der Waals surface area contributed by atoms with Crippen molar-refractivity contribution in [2.24, 2.45) is 10.9 Å². The Hall–Kier alpha value is -0.960. The minimum atomic E-state index is -0.512. The number of rotatable bonds is 6. The zero-order chi connectivity index (χ0) is 16.7. The standard InChI is InChI=1S/C17H25F2N3O.HI/c1-3-20-17(22(2)11-13-8-10-23-12-13)21-9-7-14-15(18)5-4-6-16(14)19;/h4-6,13H,3,7-12H2,1-2H3,(H,20,21);1H. The van der Waals surface area contributed by atoms with Gasteiger partial charge in [0.1, 0.15) is 11.6 Å². The Balaban J connectivity index is 0.00000288. The van der Waals surface area contributed by atoms with Crippen LogP contribution in [0.1, 0.15) is 18.9 Å². The second-order valence-corrected chi connectivity index (χ2v) is 5.80. The van der Waals surface area contributed by atoms with Crippen molar-refractivity contribution in [1.82, 2.24) is 10.2 Å². The van der Waals surface area contributed by atoms with Gasteiger partial charge in [-0.1, -0.05) is 6.07 Å². The average Bonchev–Trinajstić information content (AvgIpc) is 3.02. The summed E-state index contributed by atoms with van der Waals surface area (Å²) in [5.74, 6) is 0.243. The molecule has 1 aliphatic heterocycles. The van der Waals surface area contributed by atoms with Crippen molar-refractivity contribution < 1.29 is 13.5 Å². The molecule has 1 aliphatic rings. The van der Waals surface area contributed by atoms with E-state index in [1.54, 1.807) is 0 Å². The monoisotopic (exact) mass is 453 g/mol. The van der Waals surface area contributed by atoms with Crippen LogP contribution in [0, 0.1) is 17.6 Å². The van der Waals surface area contributed by atoms with E-state index in [-0.39, 0.29) is 36.0 Å². The maximum atomic E-state index is 13.6. The van der Waals surface area contributed by atoms with Gasteiger partial charge in [0.2, 0.25) is 0 Å². The molecular formula is C17H26F2IN3O. The zero-order valence-electron chi connectivity index (χ0n) is 14.2. The Morgan fingerprint density at radius 1 is 1.38 bits per heavy atom. The molecule has 4 nitrogen and oxygen atoms in total. The van der Waals surface area contributed by atoms with E-state index < -0.39 is 11.6 Å². The largest absolute Gasteiger partial charge is 0.381 e. The Bertz CT molecular complexity index is 516. The van der Waals surface area contributed by atoms with Gasteiger partial charge in [0.15, 0.2) is 5.96 Å². The summed E-state index contributed by atoms with van der Waals surface area (Å²) in [5.41, 5.74) is 0.0962. The van der Waals surface area contributed by atoms with Gasteiger partial charge in [-0.2, -0.15) is 0 Å². The molecule has 24 heavy (non-hydrogen) atoms.